The number of fused-ring (bicyclic) bond motifs is 10. The van der Waals surface area contributed by atoms with Crippen LogP contribution in [0.1, 0.15) is 0 Å². The fourth-order valence-corrected chi connectivity index (χ4v) is 11.6. The van der Waals surface area contributed by atoms with Gasteiger partial charge in [0.25, 0.3) is 0 Å². The Kier molecular flexibility index (Phi) is 8.73. The SMILES string of the molecule is c1ccc(-c2ccc3c(-n4c5cc6ccccc6cc5c5c6ccccc6ccc54)cc(-c4ccccc4)c(-c4nc(-c5ccccc5)nc(-c5ccc6c(c5)sc5ccccc56)n4)c3c2)cc1. The van der Waals surface area contributed by atoms with E-state index in [1.807, 2.05) is 18.2 Å². The van der Waals surface area contributed by atoms with Crippen LogP contribution in [0.3, 0.4) is 0 Å². The Labute approximate surface area is 395 Å². The van der Waals surface area contributed by atoms with Gasteiger partial charge in [0.15, 0.2) is 17.5 Å². The van der Waals surface area contributed by atoms with Gasteiger partial charge in [0, 0.05) is 53.0 Å². The molecule has 0 spiro atoms. The molecule has 0 fully saturated rings. The van der Waals surface area contributed by atoms with Crippen molar-refractivity contribution in [3.05, 3.63) is 231 Å². The number of thiophene rings is 1. The summed E-state index contributed by atoms with van der Waals surface area (Å²) in [6.07, 6.45) is 0. The molecule has 3 heterocycles. The first-order valence-corrected chi connectivity index (χ1v) is 23.8. The van der Waals surface area contributed by atoms with Gasteiger partial charge in [-0.25, -0.2) is 15.0 Å². The molecule has 11 aromatic carbocycles. The number of hydrogen-bond acceptors (Lipinski definition) is 4. The highest BCUT2D eigenvalue weighted by molar-refractivity contribution is 7.25. The molecule has 0 unspecified atom stereocenters. The lowest BCUT2D eigenvalue weighted by molar-refractivity contribution is 1.08. The summed E-state index contributed by atoms with van der Waals surface area (Å²) in [7, 11) is 0. The Morgan fingerprint density at radius 3 is 1.68 bits per heavy atom. The van der Waals surface area contributed by atoms with Crippen LogP contribution in [0.5, 0.6) is 0 Å². The second kappa shape index (κ2) is 15.4. The van der Waals surface area contributed by atoms with Gasteiger partial charge in [-0.1, -0.05) is 188 Å². The van der Waals surface area contributed by atoms with Gasteiger partial charge in [0.1, 0.15) is 0 Å². The van der Waals surface area contributed by atoms with Crippen molar-refractivity contribution in [1.82, 2.24) is 19.5 Å². The smallest absolute Gasteiger partial charge is 0.165 e. The molecule has 0 saturated heterocycles. The lowest BCUT2D eigenvalue weighted by Crippen LogP contribution is -2.04. The molecule has 316 valence electrons. The highest BCUT2D eigenvalue weighted by atomic mass is 32.1. The number of nitrogens with zero attached hydrogens (tertiary/aromatic N) is 4. The van der Waals surface area contributed by atoms with Crippen molar-refractivity contribution in [2.45, 2.75) is 0 Å². The zero-order valence-electron chi connectivity index (χ0n) is 36.6. The Bertz CT molecular complexity index is 4310. The van der Waals surface area contributed by atoms with Crippen molar-refractivity contribution in [2.75, 3.05) is 0 Å². The number of rotatable bonds is 6. The van der Waals surface area contributed by atoms with Gasteiger partial charge >= 0.3 is 0 Å². The van der Waals surface area contributed by atoms with Crippen molar-refractivity contribution in [3.8, 4) is 62.1 Å². The van der Waals surface area contributed by atoms with Crippen LogP contribution in [-0.4, -0.2) is 19.5 Å². The van der Waals surface area contributed by atoms with E-state index in [0.29, 0.717) is 17.5 Å². The molecule has 14 aromatic rings. The van der Waals surface area contributed by atoms with Crippen LogP contribution in [0.15, 0.2) is 231 Å². The summed E-state index contributed by atoms with van der Waals surface area (Å²) in [5.74, 6) is 1.87. The number of hydrogen-bond donors (Lipinski definition) is 0. The van der Waals surface area contributed by atoms with E-state index in [0.717, 1.165) is 66.4 Å². The molecule has 5 heteroatoms. The molecule has 0 amide bonds. The van der Waals surface area contributed by atoms with Gasteiger partial charge < -0.3 is 4.57 Å². The summed E-state index contributed by atoms with van der Waals surface area (Å²) in [5, 5.41) is 12.0. The molecule has 0 saturated carbocycles. The minimum atomic E-state index is 0.616. The molecule has 14 rings (SSSR count). The summed E-state index contributed by atoms with van der Waals surface area (Å²) >= 11 is 1.80. The van der Waals surface area contributed by atoms with Crippen LogP contribution in [0.25, 0.3) is 136 Å². The van der Waals surface area contributed by atoms with Gasteiger partial charge in [-0.05, 0) is 91.6 Å². The van der Waals surface area contributed by atoms with E-state index >= 15 is 0 Å². The molecular formula is C63H38N4S. The molecule has 0 aliphatic carbocycles. The standard InChI is InChI=1S/C63H38N4S/c1-4-16-39(17-5-1)45-28-31-48-52(34-45)60(63-65-61(42-21-8-3-9-22-42)64-62(66-63)46-29-32-50-49-26-14-15-27-57(49)68-58(50)37-46)51(40-18-6-2-7-19-40)38-56(48)67-54-33-30-41-20-12-13-25-47(41)59(54)53-35-43-23-10-11-24-44(43)36-55(53)67/h1-38H. The van der Waals surface area contributed by atoms with Crippen LogP contribution in [0, 0.1) is 0 Å². The Balaban J connectivity index is 1.12. The lowest BCUT2D eigenvalue weighted by Gasteiger charge is -2.20. The summed E-state index contributed by atoms with van der Waals surface area (Å²) in [6.45, 7) is 0. The van der Waals surface area contributed by atoms with E-state index in [4.69, 9.17) is 15.0 Å². The van der Waals surface area contributed by atoms with Gasteiger partial charge in [0.2, 0.25) is 0 Å². The molecular weight excluding hydrogens is 845 g/mol. The maximum absolute atomic E-state index is 5.54. The molecule has 0 N–H and O–H groups in total. The van der Waals surface area contributed by atoms with E-state index in [1.165, 1.54) is 52.5 Å². The molecule has 0 bridgehead atoms. The first kappa shape index (κ1) is 38.5. The zero-order chi connectivity index (χ0) is 44.7. The van der Waals surface area contributed by atoms with Crippen LogP contribution in [-0.2, 0) is 0 Å². The van der Waals surface area contributed by atoms with Gasteiger partial charge in [-0.3, -0.25) is 0 Å². The Hall–Kier alpha value is -8.77. The fraction of sp³-hybridized carbons (Fsp3) is 0. The van der Waals surface area contributed by atoms with Crippen LogP contribution < -0.4 is 0 Å². The molecule has 0 aliphatic heterocycles. The lowest BCUT2D eigenvalue weighted by atomic mass is 9.90. The fourth-order valence-electron chi connectivity index (χ4n) is 10.4. The van der Waals surface area contributed by atoms with E-state index < -0.39 is 0 Å². The van der Waals surface area contributed by atoms with E-state index in [1.54, 1.807) is 11.3 Å². The van der Waals surface area contributed by atoms with Crippen LogP contribution in [0.4, 0.5) is 0 Å². The molecule has 4 nitrogen and oxygen atoms in total. The van der Waals surface area contributed by atoms with Gasteiger partial charge in [-0.2, -0.15) is 0 Å². The first-order chi connectivity index (χ1) is 33.7. The average Bonchev–Trinajstić information content (AvgIpc) is 3.95. The maximum atomic E-state index is 5.54. The summed E-state index contributed by atoms with van der Waals surface area (Å²) in [5.41, 5.74) is 10.6. The predicted octanol–water partition coefficient (Wildman–Crippen LogP) is 17.1. The number of aromatic nitrogens is 4. The van der Waals surface area contributed by atoms with E-state index in [9.17, 15) is 0 Å². The predicted molar refractivity (Wildman–Crippen MR) is 287 cm³/mol. The van der Waals surface area contributed by atoms with Crippen molar-refractivity contribution < 1.29 is 0 Å². The summed E-state index contributed by atoms with van der Waals surface area (Å²) < 4.78 is 4.96. The van der Waals surface area contributed by atoms with Crippen LogP contribution in [0.2, 0.25) is 0 Å². The first-order valence-electron chi connectivity index (χ1n) is 23.0. The topological polar surface area (TPSA) is 43.6 Å². The highest BCUT2D eigenvalue weighted by Crippen LogP contribution is 2.46. The molecule has 0 radical (unpaired) electrons. The second-order valence-electron chi connectivity index (χ2n) is 17.5. The normalized spacial score (nSPS) is 11.8. The second-order valence-corrected chi connectivity index (χ2v) is 18.6. The third kappa shape index (κ3) is 6.17. The minimum absolute atomic E-state index is 0.616. The summed E-state index contributed by atoms with van der Waals surface area (Å²) in [6, 6.07) is 83.0. The average molecular weight is 883 g/mol. The molecule has 0 atom stereocenters. The molecule has 68 heavy (non-hydrogen) atoms. The highest BCUT2D eigenvalue weighted by Gasteiger charge is 2.25. The largest absolute Gasteiger partial charge is 0.309 e. The summed E-state index contributed by atoms with van der Waals surface area (Å²) in [4.78, 5) is 16.3. The van der Waals surface area contributed by atoms with E-state index in [2.05, 4.69) is 217 Å². The molecule has 3 aromatic heterocycles. The monoisotopic (exact) mass is 882 g/mol. The third-order valence-electron chi connectivity index (χ3n) is 13.6. The Morgan fingerprint density at radius 1 is 0.309 bits per heavy atom. The molecule has 0 aliphatic rings. The quantitative estimate of drug-likeness (QED) is 0.167. The zero-order valence-corrected chi connectivity index (χ0v) is 37.5. The third-order valence-corrected chi connectivity index (χ3v) is 14.7. The van der Waals surface area contributed by atoms with Crippen LogP contribution >= 0.6 is 11.3 Å². The van der Waals surface area contributed by atoms with Crippen molar-refractivity contribution in [3.63, 3.8) is 0 Å². The van der Waals surface area contributed by atoms with Crippen molar-refractivity contribution >= 4 is 85.6 Å². The Morgan fingerprint density at radius 2 is 0.897 bits per heavy atom. The number of benzene rings is 11. The van der Waals surface area contributed by atoms with E-state index in [-0.39, 0.29) is 0 Å². The van der Waals surface area contributed by atoms with Gasteiger partial charge in [0.05, 0.1) is 16.7 Å². The minimum Gasteiger partial charge on any atom is -0.309 e. The van der Waals surface area contributed by atoms with Gasteiger partial charge in [-0.15, -0.1) is 11.3 Å². The maximum Gasteiger partial charge on any atom is 0.165 e. The van der Waals surface area contributed by atoms with Crippen molar-refractivity contribution in [1.29, 1.82) is 0 Å². The van der Waals surface area contributed by atoms with Crippen molar-refractivity contribution in [2.24, 2.45) is 0 Å².